The number of nitrogens with one attached hydrogen (secondary N) is 4. The number of rotatable bonds is 25. The van der Waals surface area contributed by atoms with Crippen molar-refractivity contribution in [1.29, 1.82) is 0 Å². The summed E-state index contributed by atoms with van der Waals surface area (Å²) in [5, 5.41) is 30.8. The summed E-state index contributed by atoms with van der Waals surface area (Å²) >= 11 is 0. The second kappa shape index (κ2) is 24.1. The van der Waals surface area contributed by atoms with Crippen LogP contribution in [0.25, 0.3) is 0 Å². The summed E-state index contributed by atoms with van der Waals surface area (Å²) in [7, 11) is 0. The van der Waals surface area contributed by atoms with Crippen LogP contribution in [0, 0.1) is 17.8 Å². The summed E-state index contributed by atoms with van der Waals surface area (Å²) in [6.07, 6.45) is 14.1. The largest absolute Gasteiger partial charge is 0.482 e. The van der Waals surface area contributed by atoms with Crippen LogP contribution in [0.3, 0.4) is 0 Å². The van der Waals surface area contributed by atoms with E-state index in [0.29, 0.717) is 83.0 Å². The number of unbranched alkanes of at least 4 members (excludes halogenated alkanes) is 4. The highest BCUT2D eigenvalue weighted by Crippen LogP contribution is 2.49. The fourth-order valence-corrected chi connectivity index (χ4v) is 8.44. The number of carbonyl (C=O) groups excluding carboxylic acids is 6. The quantitative estimate of drug-likeness (QED) is 0.0476. The molecule has 0 aromatic heterocycles. The summed E-state index contributed by atoms with van der Waals surface area (Å²) in [6, 6.07) is 4.36. The number of esters is 1. The number of fused-ring (bicyclic) bond motifs is 2. The van der Waals surface area contributed by atoms with Crippen LogP contribution in [-0.4, -0.2) is 95.6 Å². The van der Waals surface area contributed by atoms with Crippen LogP contribution in [-0.2, 0) is 51.1 Å². The number of hydrogen-bond acceptors (Lipinski definition) is 10. The normalized spacial score (nSPS) is 22.8. The molecule has 2 unspecified atom stereocenters. The molecular weight excluding hydrogens is 761 g/mol. The molecule has 1 aliphatic heterocycles. The van der Waals surface area contributed by atoms with Crippen LogP contribution in [0.1, 0.15) is 108 Å². The number of aliphatic hydroxyl groups excluding tert-OH is 1. The second-order valence-corrected chi connectivity index (χ2v) is 16.0. The fraction of sp³-hybridized carbons (Fsp3) is 0.614. The minimum Gasteiger partial charge on any atom is -0.482 e. The van der Waals surface area contributed by atoms with Crippen LogP contribution in [0.2, 0.25) is 0 Å². The van der Waals surface area contributed by atoms with E-state index >= 15 is 0 Å². The third-order valence-electron chi connectivity index (χ3n) is 11.5. The Morgan fingerprint density at radius 3 is 2.08 bits per heavy atom. The van der Waals surface area contributed by atoms with Gasteiger partial charge in [-0.25, -0.2) is 9.59 Å². The Balaban J connectivity index is 1.18. The molecule has 3 aliphatic rings. The summed E-state index contributed by atoms with van der Waals surface area (Å²) in [6.45, 7) is 3.73. The van der Waals surface area contributed by atoms with Crippen molar-refractivity contribution in [3.63, 3.8) is 0 Å². The molecular formula is C44H62N4O11. The lowest BCUT2D eigenvalue weighted by Crippen LogP contribution is -2.61. The maximum Gasteiger partial charge on any atom is 0.341 e. The van der Waals surface area contributed by atoms with Crippen LogP contribution >= 0.6 is 0 Å². The molecule has 1 aromatic rings. The molecule has 7 atom stereocenters. The van der Waals surface area contributed by atoms with Crippen LogP contribution in [0.15, 0.2) is 42.5 Å². The number of ether oxygens (including phenoxy) is 2. The summed E-state index contributed by atoms with van der Waals surface area (Å²) in [5.74, 6) is -2.29. The molecule has 324 valence electrons. The Hall–Kier alpha value is -5.05. The van der Waals surface area contributed by atoms with Crippen LogP contribution < -0.4 is 26.0 Å². The van der Waals surface area contributed by atoms with E-state index in [4.69, 9.17) is 14.6 Å². The molecule has 1 heterocycles. The average Bonchev–Trinajstić information content (AvgIpc) is 3.52. The van der Waals surface area contributed by atoms with Gasteiger partial charge in [0.15, 0.2) is 12.4 Å². The van der Waals surface area contributed by atoms with Crippen molar-refractivity contribution in [1.82, 2.24) is 21.3 Å². The van der Waals surface area contributed by atoms with E-state index in [0.717, 1.165) is 55.4 Å². The third kappa shape index (κ3) is 15.6. The first-order chi connectivity index (χ1) is 28.3. The SMILES string of the molecule is CCCCC[C@H](O)CC[C@@H]1[C@H]2Cc3cccc(OCC(=O)O)c3C[C@H]2C[C@H]1OC(=O)/C=C/C(=O)NCCCCC1NC(=O)C(CCCCNC(=O)/C=C/C(C)=O)NC1=O. The first-order valence-corrected chi connectivity index (χ1v) is 21.2. The average molecular weight is 823 g/mol. The molecule has 2 aliphatic carbocycles. The molecule has 0 spiro atoms. The molecule has 6 N–H and O–H groups in total. The van der Waals surface area contributed by atoms with Gasteiger partial charge in [0.05, 0.1) is 6.10 Å². The van der Waals surface area contributed by atoms with Gasteiger partial charge in [0.25, 0.3) is 0 Å². The number of allylic oxidation sites excluding steroid dienone is 1. The highest BCUT2D eigenvalue weighted by molar-refractivity contribution is 5.97. The Morgan fingerprint density at radius 1 is 0.831 bits per heavy atom. The van der Waals surface area contributed by atoms with Gasteiger partial charge in [0.1, 0.15) is 23.9 Å². The maximum atomic E-state index is 13.1. The van der Waals surface area contributed by atoms with Crippen LogP contribution in [0.5, 0.6) is 5.75 Å². The molecule has 1 saturated heterocycles. The van der Waals surface area contributed by atoms with Crippen molar-refractivity contribution < 1.29 is 53.2 Å². The van der Waals surface area contributed by atoms with Crippen molar-refractivity contribution in [2.45, 2.75) is 134 Å². The number of aliphatic hydroxyl groups is 1. The number of piperazine rings is 1. The van der Waals surface area contributed by atoms with Crippen molar-refractivity contribution in [3.05, 3.63) is 53.6 Å². The minimum absolute atomic E-state index is 0.0138. The Kier molecular flexibility index (Phi) is 19.1. The smallest absolute Gasteiger partial charge is 0.341 e. The van der Waals surface area contributed by atoms with E-state index in [1.807, 2.05) is 12.1 Å². The number of ketones is 1. The number of carbonyl (C=O) groups is 7. The van der Waals surface area contributed by atoms with E-state index in [1.165, 1.54) is 19.1 Å². The number of hydrogen-bond donors (Lipinski definition) is 6. The van der Waals surface area contributed by atoms with Gasteiger partial charge in [-0.2, -0.15) is 0 Å². The zero-order valence-corrected chi connectivity index (χ0v) is 34.4. The molecule has 0 radical (unpaired) electrons. The Labute approximate surface area is 346 Å². The molecule has 4 amide bonds. The van der Waals surface area contributed by atoms with Gasteiger partial charge in [-0.3, -0.25) is 24.0 Å². The minimum atomic E-state index is -1.05. The predicted octanol–water partition coefficient (Wildman–Crippen LogP) is 3.39. The molecule has 4 rings (SSSR count). The van der Waals surface area contributed by atoms with Crippen molar-refractivity contribution in [3.8, 4) is 5.75 Å². The molecule has 15 nitrogen and oxygen atoms in total. The number of aliphatic carboxylic acids is 1. The van der Waals surface area contributed by atoms with Gasteiger partial charge < -0.3 is 41.0 Å². The Bertz CT molecular complexity index is 1690. The molecule has 1 saturated carbocycles. The van der Waals surface area contributed by atoms with Gasteiger partial charge >= 0.3 is 11.9 Å². The molecule has 0 bridgehead atoms. The Morgan fingerprint density at radius 2 is 1.47 bits per heavy atom. The zero-order valence-electron chi connectivity index (χ0n) is 34.4. The van der Waals surface area contributed by atoms with Crippen LogP contribution in [0.4, 0.5) is 0 Å². The monoisotopic (exact) mass is 822 g/mol. The van der Waals surface area contributed by atoms with E-state index in [-0.39, 0.29) is 41.3 Å². The number of amides is 4. The predicted molar refractivity (Wildman–Crippen MR) is 218 cm³/mol. The topological polar surface area (TPSA) is 227 Å². The van der Waals surface area contributed by atoms with E-state index in [1.54, 1.807) is 6.07 Å². The molecule has 2 fully saturated rings. The van der Waals surface area contributed by atoms with E-state index < -0.39 is 48.7 Å². The van der Waals surface area contributed by atoms with Crippen molar-refractivity contribution >= 4 is 41.4 Å². The van der Waals surface area contributed by atoms with E-state index in [9.17, 15) is 38.7 Å². The van der Waals surface area contributed by atoms with Crippen molar-refractivity contribution in [2.75, 3.05) is 19.7 Å². The van der Waals surface area contributed by atoms with E-state index in [2.05, 4.69) is 28.2 Å². The van der Waals surface area contributed by atoms with Gasteiger partial charge in [0.2, 0.25) is 23.6 Å². The van der Waals surface area contributed by atoms with Crippen molar-refractivity contribution in [2.24, 2.45) is 17.8 Å². The maximum absolute atomic E-state index is 13.1. The van der Waals surface area contributed by atoms with Gasteiger partial charge in [0, 0.05) is 31.3 Å². The fourth-order valence-electron chi connectivity index (χ4n) is 8.44. The summed E-state index contributed by atoms with van der Waals surface area (Å²) in [4.78, 5) is 84.6. The molecule has 1 aromatic carbocycles. The first-order valence-electron chi connectivity index (χ1n) is 21.2. The number of benzene rings is 1. The number of carboxylic acid groups (broad SMARTS) is 1. The lowest BCUT2D eigenvalue weighted by molar-refractivity contribution is -0.145. The highest BCUT2D eigenvalue weighted by atomic mass is 16.5. The second-order valence-electron chi connectivity index (χ2n) is 16.0. The summed E-state index contributed by atoms with van der Waals surface area (Å²) in [5.41, 5.74) is 2.08. The third-order valence-corrected chi connectivity index (χ3v) is 11.5. The van der Waals surface area contributed by atoms with Gasteiger partial charge in [-0.1, -0.05) is 38.3 Å². The lowest BCUT2D eigenvalue weighted by atomic mass is 9.73. The lowest BCUT2D eigenvalue weighted by Gasteiger charge is -2.32. The zero-order chi connectivity index (χ0) is 42.7. The standard InChI is InChI=1S/C44H62N4O11/c1-3-4-5-12-31(50)17-18-32-33-24-29-11-10-15-37(58-27-41(53)54)34(29)25-30(33)26-38(32)59-42(55)21-20-40(52)46-23-9-7-14-36-44(57)47-35(43(56)48-36)13-6-8-22-45-39(51)19-16-28(2)49/h10-11,15-16,19-21,30-33,35-36,38,50H,3-9,12-14,17-18,22-27H2,1-2H3,(H,45,51)(H,46,52)(H,47,57)(H,48,56)(H,53,54)/b19-16+,21-20+/t30-,31-,32+,33-,35?,36?,38+/m0/s1. The number of carboxylic acids is 1. The van der Waals surface area contributed by atoms with Gasteiger partial charge in [-0.05, 0) is 125 Å². The van der Waals surface area contributed by atoms with Gasteiger partial charge in [-0.15, -0.1) is 0 Å². The highest BCUT2D eigenvalue weighted by Gasteiger charge is 2.47. The molecule has 15 heteroatoms. The molecule has 59 heavy (non-hydrogen) atoms. The summed E-state index contributed by atoms with van der Waals surface area (Å²) < 4.78 is 11.6. The first kappa shape index (κ1) is 46.6.